The van der Waals surface area contributed by atoms with Gasteiger partial charge in [-0.25, -0.2) is 4.79 Å². The summed E-state index contributed by atoms with van der Waals surface area (Å²) in [5.41, 5.74) is 1.11. The number of esters is 1. The third-order valence-electron chi connectivity index (χ3n) is 2.07. The Hall–Kier alpha value is -1.58. The topological polar surface area (TPSA) is 33.4 Å². The number of ether oxygens (including phenoxy) is 1. The van der Waals surface area contributed by atoms with Crippen LogP contribution in [0.5, 0.6) is 0 Å². The highest BCUT2D eigenvalue weighted by Crippen LogP contribution is 2.05. The number of aromatic nitrogens is 1. The zero-order chi connectivity index (χ0) is 12.1. The maximum atomic E-state index is 11.4. The largest absolute Gasteiger partial charge is 0.458 e. The standard InChI is InChI=1S/C12H19N2O2/c1-10(2)16-12(15)9-14-7-5-11(6-8-14)13(3)4/h5-8,10H,9H2,1-4H3/q+1. The van der Waals surface area contributed by atoms with Crippen LogP contribution >= 0.6 is 0 Å². The summed E-state index contributed by atoms with van der Waals surface area (Å²) in [5, 5.41) is 0. The van der Waals surface area contributed by atoms with Crippen LogP contribution in [0.15, 0.2) is 24.5 Å². The maximum Gasteiger partial charge on any atom is 0.372 e. The van der Waals surface area contributed by atoms with E-state index in [4.69, 9.17) is 4.74 Å². The molecule has 1 heterocycles. The first-order valence-corrected chi connectivity index (χ1v) is 5.35. The molecule has 0 aliphatic heterocycles. The molecule has 88 valence electrons. The Morgan fingerprint density at radius 1 is 1.38 bits per heavy atom. The molecule has 0 atom stereocenters. The third-order valence-corrected chi connectivity index (χ3v) is 2.07. The molecule has 0 spiro atoms. The molecule has 4 nitrogen and oxygen atoms in total. The van der Waals surface area contributed by atoms with Crippen molar-refractivity contribution in [3.05, 3.63) is 24.5 Å². The number of carbonyl (C=O) groups excluding carboxylic acids is 1. The SMILES string of the molecule is CC(C)OC(=O)C[n+]1ccc(N(C)C)cc1. The van der Waals surface area contributed by atoms with E-state index in [0.717, 1.165) is 5.69 Å². The van der Waals surface area contributed by atoms with Crippen molar-refractivity contribution >= 4 is 11.7 Å². The van der Waals surface area contributed by atoms with Crippen LogP contribution < -0.4 is 9.47 Å². The lowest BCUT2D eigenvalue weighted by Gasteiger charge is -2.10. The van der Waals surface area contributed by atoms with Crippen molar-refractivity contribution in [2.75, 3.05) is 19.0 Å². The molecule has 0 amide bonds. The molecular weight excluding hydrogens is 204 g/mol. The number of hydrogen-bond donors (Lipinski definition) is 0. The van der Waals surface area contributed by atoms with Gasteiger partial charge < -0.3 is 9.64 Å². The Labute approximate surface area is 96.5 Å². The lowest BCUT2D eigenvalue weighted by atomic mass is 10.4. The molecule has 0 saturated carbocycles. The Morgan fingerprint density at radius 3 is 2.38 bits per heavy atom. The van der Waals surface area contributed by atoms with Gasteiger partial charge in [0.1, 0.15) is 0 Å². The Bertz CT molecular complexity index is 345. The molecular formula is C12H19N2O2+. The molecule has 0 aromatic carbocycles. The van der Waals surface area contributed by atoms with E-state index in [-0.39, 0.29) is 18.6 Å². The lowest BCUT2D eigenvalue weighted by molar-refractivity contribution is -0.686. The van der Waals surface area contributed by atoms with E-state index in [1.54, 1.807) is 4.57 Å². The van der Waals surface area contributed by atoms with Crippen molar-refractivity contribution < 1.29 is 14.1 Å². The van der Waals surface area contributed by atoms with E-state index in [1.807, 2.05) is 57.4 Å². The summed E-state index contributed by atoms with van der Waals surface area (Å²) in [4.78, 5) is 13.4. The Balaban J connectivity index is 2.58. The van der Waals surface area contributed by atoms with E-state index < -0.39 is 0 Å². The summed E-state index contributed by atoms with van der Waals surface area (Å²) in [6.45, 7) is 3.95. The van der Waals surface area contributed by atoms with E-state index in [9.17, 15) is 4.79 Å². The van der Waals surface area contributed by atoms with E-state index in [1.165, 1.54) is 0 Å². The third kappa shape index (κ3) is 3.88. The summed E-state index contributed by atoms with van der Waals surface area (Å²) < 4.78 is 6.86. The summed E-state index contributed by atoms with van der Waals surface area (Å²) in [6.07, 6.45) is 3.68. The summed E-state index contributed by atoms with van der Waals surface area (Å²) in [6, 6.07) is 3.92. The fourth-order valence-corrected chi connectivity index (χ4v) is 1.30. The van der Waals surface area contributed by atoms with Crippen LogP contribution in [-0.2, 0) is 16.1 Å². The Kier molecular flexibility index (Phi) is 4.28. The van der Waals surface area contributed by atoms with Gasteiger partial charge in [-0.05, 0) is 13.8 Å². The van der Waals surface area contributed by atoms with Gasteiger partial charge in [0.15, 0.2) is 12.4 Å². The van der Waals surface area contributed by atoms with Crippen molar-refractivity contribution in [1.82, 2.24) is 0 Å². The monoisotopic (exact) mass is 223 g/mol. The molecule has 1 rings (SSSR count). The smallest absolute Gasteiger partial charge is 0.372 e. The van der Waals surface area contributed by atoms with E-state index >= 15 is 0 Å². The second kappa shape index (κ2) is 5.49. The molecule has 1 aromatic rings. The molecule has 0 fully saturated rings. The van der Waals surface area contributed by atoms with Crippen molar-refractivity contribution in [1.29, 1.82) is 0 Å². The fourth-order valence-electron chi connectivity index (χ4n) is 1.30. The van der Waals surface area contributed by atoms with Gasteiger partial charge in [0, 0.05) is 31.9 Å². The van der Waals surface area contributed by atoms with Crippen LogP contribution in [-0.4, -0.2) is 26.2 Å². The van der Waals surface area contributed by atoms with E-state index in [2.05, 4.69) is 0 Å². The number of pyridine rings is 1. The van der Waals surface area contributed by atoms with E-state index in [0.29, 0.717) is 0 Å². The van der Waals surface area contributed by atoms with Crippen LogP contribution in [0.3, 0.4) is 0 Å². The van der Waals surface area contributed by atoms with Crippen LogP contribution in [0, 0.1) is 0 Å². The molecule has 0 unspecified atom stereocenters. The van der Waals surface area contributed by atoms with Crippen molar-refractivity contribution in [3.63, 3.8) is 0 Å². The van der Waals surface area contributed by atoms with Gasteiger partial charge in [-0.2, -0.15) is 4.57 Å². The summed E-state index contributed by atoms with van der Waals surface area (Å²) >= 11 is 0. The van der Waals surface area contributed by atoms with Gasteiger partial charge >= 0.3 is 5.97 Å². The number of rotatable bonds is 4. The van der Waals surface area contributed by atoms with Gasteiger partial charge in [0.25, 0.3) is 0 Å². The molecule has 1 aromatic heterocycles. The second-order valence-corrected chi connectivity index (χ2v) is 4.16. The highest BCUT2D eigenvalue weighted by atomic mass is 16.5. The maximum absolute atomic E-state index is 11.4. The minimum atomic E-state index is -0.211. The van der Waals surface area contributed by atoms with Crippen molar-refractivity contribution in [2.24, 2.45) is 0 Å². The second-order valence-electron chi connectivity index (χ2n) is 4.16. The van der Waals surface area contributed by atoms with Gasteiger partial charge in [-0.1, -0.05) is 0 Å². The fraction of sp³-hybridized carbons (Fsp3) is 0.500. The number of carbonyl (C=O) groups is 1. The minimum absolute atomic E-state index is 0.0610. The first kappa shape index (κ1) is 12.5. The molecule has 0 aliphatic carbocycles. The molecule has 0 saturated heterocycles. The first-order valence-electron chi connectivity index (χ1n) is 5.35. The molecule has 0 radical (unpaired) electrons. The van der Waals surface area contributed by atoms with Crippen LogP contribution in [0.4, 0.5) is 5.69 Å². The van der Waals surface area contributed by atoms with Crippen LogP contribution in [0.25, 0.3) is 0 Å². The predicted molar refractivity (Wildman–Crippen MR) is 62.2 cm³/mol. The lowest BCUT2D eigenvalue weighted by Crippen LogP contribution is -2.38. The number of hydrogen-bond acceptors (Lipinski definition) is 3. The van der Waals surface area contributed by atoms with Crippen LogP contribution in [0.1, 0.15) is 13.8 Å². The average Bonchev–Trinajstić information content (AvgIpc) is 2.16. The quantitative estimate of drug-likeness (QED) is 0.564. The zero-order valence-electron chi connectivity index (χ0n) is 10.3. The van der Waals surface area contributed by atoms with Gasteiger partial charge in [0.05, 0.1) is 6.10 Å². The van der Waals surface area contributed by atoms with Crippen molar-refractivity contribution in [2.45, 2.75) is 26.5 Å². The number of nitrogens with zero attached hydrogens (tertiary/aromatic N) is 2. The summed E-state index contributed by atoms with van der Waals surface area (Å²) in [7, 11) is 3.96. The zero-order valence-corrected chi connectivity index (χ0v) is 10.3. The number of anilines is 1. The Morgan fingerprint density at radius 2 is 1.94 bits per heavy atom. The normalized spacial score (nSPS) is 10.3. The van der Waals surface area contributed by atoms with Gasteiger partial charge in [0.2, 0.25) is 6.54 Å². The molecule has 0 bridgehead atoms. The summed E-state index contributed by atoms with van der Waals surface area (Å²) in [5.74, 6) is -0.211. The highest BCUT2D eigenvalue weighted by molar-refractivity contribution is 5.67. The predicted octanol–water partition coefficient (Wildman–Crippen LogP) is 0.992. The first-order chi connectivity index (χ1) is 7.49. The molecule has 0 aliphatic rings. The average molecular weight is 223 g/mol. The molecule has 0 N–H and O–H groups in total. The van der Waals surface area contributed by atoms with Gasteiger partial charge in [-0.3, -0.25) is 0 Å². The minimum Gasteiger partial charge on any atom is -0.458 e. The molecule has 4 heteroatoms. The molecule has 16 heavy (non-hydrogen) atoms. The highest BCUT2D eigenvalue weighted by Gasteiger charge is 2.12. The van der Waals surface area contributed by atoms with Gasteiger partial charge in [-0.15, -0.1) is 0 Å². The van der Waals surface area contributed by atoms with Crippen molar-refractivity contribution in [3.8, 4) is 0 Å². The van der Waals surface area contributed by atoms with Crippen LogP contribution in [0.2, 0.25) is 0 Å².